The Morgan fingerprint density at radius 2 is 1.55 bits per heavy atom. The van der Waals surface area contributed by atoms with E-state index in [9.17, 15) is 13.7 Å². The number of hydrogen-bond donors (Lipinski definition) is 5. The number of nitrogens with zero attached hydrogens (tertiary/aromatic N) is 2. The molecule has 2 aromatic carbocycles. The second-order valence-corrected chi connectivity index (χ2v) is 8.07. The van der Waals surface area contributed by atoms with Gasteiger partial charge in [-0.2, -0.15) is 13.7 Å². The van der Waals surface area contributed by atoms with Crippen LogP contribution in [0.2, 0.25) is 0 Å². The third kappa shape index (κ3) is 4.60. The molecule has 8 nitrogen and oxygen atoms in total. The van der Waals surface area contributed by atoms with E-state index < -0.39 is 10.1 Å². The van der Waals surface area contributed by atoms with Crippen molar-refractivity contribution in [2.45, 2.75) is 16.7 Å². The van der Waals surface area contributed by atoms with Crippen molar-refractivity contribution in [2.24, 2.45) is 0 Å². The number of benzene rings is 2. The van der Waals surface area contributed by atoms with Crippen LogP contribution >= 0.6 is 12.6 Å². The molecule has 0 bridgehead atoms. The summed E-state index contributed by atoms with van der Waals surface area (Å²) < 4.78 is 31.4. The fourth-order valence-corrected chi connectivity index (χ4v) is 3.20. The average Bonchev–Trinajstić information content (AvgIpc) is 2.67. The lowest BCUT2D eigenvalue weighted by Gasteiger charge is -2.16. The summed E-state index contributed by atoms with van der Waals surface area (Å²) in [5.41, 5.74) is 8.51. The van der Waals surface area contributed by atoms with Gasteiger partial charge in [0, 0.05) is 16.3 Å². The molecule has 0 unspecified atom stereocenters. The van der Waals surface area contributed by atoms with E-state index in [0.717, 1.165) is 10.6 Å². The van der Waals surface area contributed by atoms with Gasteiger partial charge in [0.15, 0.2) is 11.6 Å². The van der Waals surface area contributed by atoms with Crippen molar-refractivity contribution in [1.29, 1.82) is 5.26 Å². The van der Waals surface area contributed by atoms with Crippen molar-refractivity contribution in [1.82, 2.24) is 4.98 Å². The van der Waals surface area contributed by atoms with Gasteiger partial charge in [-0.25, -0.2) is 4.98 Å². The Labute approximate surface area is 173 Å². The molecule has 10 heteroatoms. The Bertz CT molecular complexity index is 1200. The molecule has 1 heterocycles. The molecule has 0 aliphatic carbocycles. The molecule has 0 radical (unpaired) electrons. The third-order valence-corrected chi connectivity index (χ3v) is 5.32. The first-order valence-electron chi connectivity index (χ1n) is 8.30. The van der Waals surface area contributed by atoms with Gasteiger partial charge in [-0.05, 0) is 61.0 Å². The molecule has 0 saturated carbocycles. The van der Waals surface area contributed by atoms with E-state index in [1.807, 2.05) is 0 Å². The van der Waals surface area contributed by atoms with Crippen molar-refractivity contribution in [3.63, 3.8) is 0 Å². The molecule has 5 N–H and O–H groups in total. The summed E-state index contributed by atoms with van der Waals surface area (Å²) in [4.78, 5) is 5.00. The number of nitrogen functional groups attached to an aromatic ring is 1. The topological polar surface area (TPSA) is 141 Å². The van der Waals surface area contributed by atoms with Crippen LogP contribution < -0.4 is 16.4 Å². The van der Waals surface area contributed by atoms with E-state index in [4.69, 9.17) is 10.3 Å². The minimum atomic E-state index is -4.28. The second-order valence-electron chi connectivity index (χ2n) is 6.13. The first-order valence-corrected chi connectivity index (χ1v) is 10.2. The zero-order valence-corrected chi connectivity index (χ0v) is 16.9. The lowest BCUT2D eigenvalue weighted by atomic mass is 10.1. The predicted molar refractivity (Wildman–Crippen MR) is 115 cm³/mol. The minimum Gasteiger partial charge on any atom is -0.395 e. The summed E-state index contributed by atoms with van der Waals surface area (Å²) in [6.07, 6.45) is 0. The van der Waals surface area contributed by atoms with Crippen LogP contribution in [0.15, 0.2) is 58.3 Å². The molecule has 0 aliphatic rings. The largest absolute Gasteiger partial charge is 0.395 e. The van der Waals surface area contributed by atoms with Gasteiger partial charge in [-0.15, -0.1) is 12.6 Å². The number of anilines is 5. The maximum Gasteiger partial charge on any atom is 0.294 e. The van der Waals surface area contributed by atoms with Gasteiger partial charge in [0.05, 0.1) is 16.1 Å². The second kappa shape index (κ2) is 8.00. The van der Waals surface area contributed by atoms with Crippen LogP contribution in [0.3, 0.4) is 0 Å². The smallest absolute Gasteiger partial charge is 0.294 e. The number of pyridine rings is 1. The van der Waals surface area contributed by atoms with E-state index in [2.05, 4.69) is 34.3 Å². The molecular weight excluding hydrogens is 410 g/mol. The Balaban J connectivity index is 1.97. The van der Waals surface area contributed by atoms with Gasteiger partial charge >= 0.3 is 0 Å². The van der Waals surface area contributed by atoms with Crippen LogP contribution in [0.1, 0.15) is 11.1 Å². The highest BCUT2D eigenvalue weighted by atomic mass is 32.2. The number of nitrogens with one attached hydrogen (secondary N) is 2. The lowest BCUT2D eigenvalue weighted by Crippen LogP contribution is -2.07. The zero-order chi connectivity index (χ0) is 21.2. The zero-order valence-electron chi connectivity index (χ0n) is 15.2. The average molecular weight is 428 g/mol. The van der Waals surface area contributed by atoms with Crippen LogP contribution in [0, 0.1) is 18.3 Å². The molecule has 0 saturated heterocycles. The summed E-state index contributed by atoms with van der Waals surface area (Å²) in [5.74, 6) is 0.623. The number of aromatic nitrogens is 1. The molecule has 3 aromatic rings. The van der Waals surface area contributed by atoms with Crippen LogP contribution in [-0.4, -0.2) is 18.0 Å². The number of rotatable bonds is 5. The number of thiol groups is 1. The van der Waals surface area contributed by atoms with Gasteiger partial charge in [0.1, 0.15) is 6.07 Å². The lowest BCUT2D eigenvalue weighted by molar-refractivity contribution is 0.483. The first kappa shape index (κ1) is 20.5. The van der Waals surface area contributed by atoms with Gasteiger partial charge < -0.3 is 16.4 Å². The van der Waals surface area contributed by atoms with E-state index >= 15 is 0 Å². The SMILES string of the molecule is Cc1c(N)c(Nc2ccc(S(=O)(=O)O)cc2)nc(Nc2ccc(S)cc2)c1C#N. The maximum atomic E-state index is 11.2. The summed E-state index contributed by atoms with van der Waals surface area (Å²) in [6.45, 7) is 1.71. The minimum absolute atomic E-state index is 0.227. The highest BCUT2D eigenvalue weighted by molar-refractivity contribution is 7.85. The van der Waals surface area contributed by atoms with E-state index in [1.54, 1.807) is 31.2 Å². The summed E-state index contributed by atoms with van der Waals surface area (Å²) in [5, 5.41) is 15.6. The summed E-state index contributed by atoms with van der Waals surface area (Å²) in [6, 6.07) is 14.8. The summed E-state index contributed by atoms with van der Waals surface area (Å²) in [7, 11) is -4.28. The standard InChI is InChI=1S/C19H17N5O3S2/c1-11-16(10-20)18(22-12-2-6-14(28)7-3-12)24-19(17(11)21)23-13-4-8-15(9-5-13)29(25,26)27/h2-9,28H,21H2,1H3,(H2,22,23,24)(H,25,26,27). The third-order valence-electron chi connectivity index (χ3n) is 4.15. The highest BCUT2D eigenvalue weighted by Crippen LogP contribution is 2.32. The normalized spacial score (nSPS) is 11.0. The molecular formula is C19H17N5O3S2. The number of hydrogen-bond acceptors (Lipinski definition) is 8. The molecule has 0 spiro atoms. The molecule has 0 fully saturated rings. The first-order chi connectivity index (χ1) is 13.7. The van der Waals surface area contributed by atoms with Crippen molar-refractivity contribution in [3.05, 3.63) is 59.7 Å². The molecule has 3 rings (SSSR count). The van der Waals surface area contributed by atoms with Gasteiger partial charge in [-0.3, -0.25) is 4.55 Å². The molecule has 29 heavy (non-hydrogen) atoms. The fourth-order valence-electron chi connectivity index (χ4n) is 2.57. The number of nitrogens with two attached hydrogens (primary N) is 1. The predicted octanol–water partition coefficient (Wildman–Crippen LogP) is 3.87. The Kier molecular flexibility index (Phi) is 5.65. The van der Waals surface area contributed by atoms with Crippen LogP contribution in [-0.2, 0) is 10.1 Å². The molecule has 0 amide bonds. The van der Waals surface area contributed by atoms with Crippen LogP contribution in [0.25, 0.3) is 0 Å². The van der Waals surface area contributed by atoms with Crippen LogP contribution in [0.5, 0.6) is 0 Å². The maximum absolute atomic E-state index is 11.2. The monoisotopic (exact) mass is 427 g/mol. The van der Waals surface area contributed by atoms with Crippen molar-refractivity contribution in [2.75, 3.05) is 16.4 Å². The van der Waals surface area contributed by atoms with Crippen LogP contribution in [0.4, 0.5) is 28.7 Å². The van der Waals surface area contributed by atoms with Gasteiger partial charge in [0.25, 0.3) is 10.1 Å². The summed E-state index contributed by atoms with van der Waals surface area (Å²) >= 11 is 4.25. The molecule has 0 atom stereocenters. The Hall–Kier alpha value is -3.26. The highest BCUT2D eigenvalue weighted by Gasteiger charge is 2.16. The quantitative estimate of drug-likeness (QED) is 0.305. The van der Waals surface area contributed by atoms with E-state index in [0.29, 0.717) is 28.5 Å². The van der Waals surface area contributed by atoms with Crippen molar-refractivity contribution >= 4 is 51.4 Å². The Morgan fingerprint density at radius 1 is 1.03 bits per heavy atom. The van der Waals surface area contributed by atoms with Gasteiger partial charge in [-0.1, -0.05) is 0 Å². The molecule has 148 valence electrons. The van der Waals surface area contributed by atoms with Crippen molar-refractivity contribution in [3.8, 4) is 6.07 Å². The van der Waals surface area contributed by atoms with Crippen molar-refractivity contribution < 1.29 is 13.0 Å². The number of nitriles is 1. The Morgan fingerprint density at radius 3 is 2.07 bits per heavy atom. The fraction of sp³-hybridized carbons (Fsp3) is 0.0526. The van der Waals surface area contributed by atoms with E-state index in [1.165, 1.54) is 24.3 Å². The van der Waals surface area contributed by atoms with Gasteiger partial charge in [0.2, 0.25) is 0 Å². The van der Waals surface area contributed by atoms with E-state index in [-0.39, 0.29) is 10.6 Å². The molecule has 0 aliphatic heterocycles. The molecule has 1 aromatic heterocycles.